The SMILES string of the molecule is CC(C)C1CCCC(NC(C)(C)C(N)=O)CC1. The normalized spacial score (nSPS) is 26.9. The van der Waals surface area contributed by atoms with Gasteiger partial charge in [0.1, 0.15) is 0 Å². The van der Waals surface area contributed by atoms with Crippen LogP contribution >= 0.6 is 0 Å². The molecule has 2 unspecified atom stereocenters. The summed E-state index contributed by atoms with van der Waals surface area (Å²) in [6, 6.07) is 0.446. The van der Waals surface area contributed by atoms with E-state index in [1.807, 2.05) is 13.8 Å². The summed E-state index contributed by atoms with van der Waals surface area (Å²) in [6.07, 6.45) is 6.19. The Bertz CT molecular complexity index is 261. The summed E-state index contributed by atoms with van der Waals surface area (Å²) < 4.78 is 0. The van der Waals surface area contributed by atoms with E-state index in [0.29, 0.717) is 6.04 Å². The molecule has 0 aromatic rings. The molecular formula is C14H28N2O. The third kappa shape index (κ3) is 4.30. The van der Waals surface area contributed by atoms with Crippen molar-refractivity contribution >= 4 is 5.91 Å². The van der Waals surface area contributed by atoms with Gasteiger partial charge < -0.3 is 11.1 Å². The molecule has 100 valence electrons. The van der Waals surface area contributed by atoms with E-state index in [-0.39, 0.29) is 5.91 Å². The van der Waals surface area contributed by atoms with Gasteiger partial charge in [-0.1, -0.05) is 26.7 Å². The number of nitrogens with one attached hydrogen (secondary N) is 1. The molecule has 0 aromatic carbocycles. The Morgan fingerprint density at radius 3 is 2.41 bits per heavy atom. The Morgan fingerprint density at radius 2 is 1.88 bits per heavy atom. The van der Waals surface area contributed by atoms with Gasteiger partial charge in [0.05, 0.1) is 5.54 Å². The number of rotatable bonds is 4. The van der Waals surface area contributed by atoms with Gasteiger partial charge in [-0.3, -0.25) is 4.79 Å². The van der Waals surface area contributed by atoms with Gasteiger partial charge in [-0.25, -0.2) is 0 Å². The largest absolute Gasteiger partial charge is 0.368 e. The molecule has 1 saturated carbocycles. The molecule has 2 atom stereocenters. The van der Waals surface area contributed by atoms with E-state index in [0.717, 1.165) is 11.8 Å². The Hall–Kier alpha value is -0.570. The van der Waals surface area contributed by atoms with Crippen molar-refractivity contribution in [3.63, 3.8) is 0 Å². The highest BCUT2D eigenvalue weighted by atomic mass is 16.1. The van der Waals surface area contributed by atoms with Crippen molar-refractivity contribution in [2.24, 2.45) is 17.6 Å². The lowest BCUT2D eigenvalue weighted by Gasteiger charge is -2.28. The van der Waals surface area contributed by atoms with Gasteiger partial charge in [-0.15, -0.1) is 0 Å². The minimum absolute atomic E-state index is 0.262. The third-order valence-electron chi connectivity index (χ3n) is 4.14. The number of hydrogen-bond donors (Lipinski definition) is 2. The van der Waals surface area contributed by atoms with Crippen molar-refractivity contribution in [1.82, 2.24) is 5.32 Å². The maximum atomic E-state index is 11.3. The number of amides is 1. The number of carbonyl (C=O) groups is 1. The van der Waals surface area contributed by atoms with Gasteiger partial charge in [0.2, 0.25) is 5.91 Å². The summed E-state index contributed by atoms with van der Waals surface area (Å²) in [6.45, 7) is 8.37. The molecule has 1 amide bonds. The molecule has 3 nitrogen and oxygen atoms in total. The lowest BCUT2D eigenvalue weighted by molar-refractivity contribution is -0.123. The first-order valence-electron chi connectivity index (χ1n) is 6.90. The first kappa shape index (κ1) is 14.5. The average molecular weight is 240 g/mol. The minimum atomic E-state index is -0.581. The summed E-state index contributed by atoms with van der Waals surface area (Å²) in [4.78, 5) is 11.3. The van der Waals surface area contributed by atoms with Crippen LogP contribution in [0.25, 0.3) is 0 Å². The molecule has 0 radical (unpaired) electrons. The minimum Gasteiger partial charge on any atom is -0.368 e. The van der Waals surface area contributed by atoms with Crippen molar-refractivity contribution in [2.75, 3.05) is 0 Å². The fourth-order valence-corrected chi connectivity index (χ4v) is 2.72. The molecule has 3 N–H and O–H groups in total. The van der Waals surface area contributed by atoms with Crippen LogP contribution in [0, 0.1) is 11.8 Å². The predicted molar refractivity (Wildman–Crippen MR) is 71.6 cm³/mol. The molecule has 0 aromatic heterocycles. The number of nitrogens with two attached hydrogens (primary N) is 1. The van der Waals surface area contributed by atoms with Crippen LogP contribution in [-0.2, 0) is 4.79 Å². The van der Waals surface area contributed by atoms with Gasteiger partial charge in [0.15, 0.2) is 0 Å². The Kier molecular flexibility index (Phi) is 4.99. The van der Waals surface area contributed by atoms with Crippen LogP contribution in [0.15, 0.2) is 0 Å². The van der Waals surface area contributed by atoms with Crippen LogP contribution < -0.4 is 11.1 Å². The van der Waals surface area contributed by atoms with Crippen LogP contribution in [0.5, 0.6) is 0 Å². The molecule has 17 heavy (non-hydrogen) atoms. The molecule has 1 aliphatic carbocycles. The summed E-state index contributed by atoms with van der Waals surface area (Å²) >= 11 is 0. The Morgan fingerprint density at radius 1 is 1.24 bits per heavy atom. The van der Waals surface area contributed by atoms with Crippen LogP contribution in [-0.4, -0.2) is 17.5 Å². The van der Waals surface area contributed by atoms with Crippen LogP contribution in [0.1, 0.15) is 59.8 Å². The van der Waals surface area contributed by atoms with Gasteiger partial charge >= 0.3 is 0 Å². The molecule has 1 aliphatic rings. The first-order chi connectivity index (χ1) is 7.83. The highest BCUT2D eigenvalue weighted by Crippen LogP contribution is 2.29. The molecule has 0 spiro atoms. The van der Waals surface area contributed by atoms with E-state index in [1.54, 1.807) is 0 Å². The zero-order valence-electron chi connectivity index (χ0n) is 11.8. The maximum Gasteiger partial charge on any atom is 0.237 e. The molecule has 0 saturated heterocycles. The van der Waals surface area contributed by atoms with Crippen LogP contribution in [0.2, 0.25) is 0 Å². The Labute approximate surface area is 106 Å². The van der Waals surface area contributed by atoms with E-state index >= 15 is 0 Å². The standard InChI is InChI=1S/C14H28N2O/c1-10(2)11-6-5-7-12(9-8-11)16-14(3,4)13(15)17/h10-12,16H,5-9H2,1-4H3,(H2,15,17). The van der Waals surface area contributed by atoms with Gasteiger partial charge in [0, 0.05) is 6.04 Å². The molecule has 3 heteroatoms. The van der Waals surface area contributed by atoms with Gasteiger partial charge in [-0.05, 0) is 44.9 Å². The first-order valence-corrected chi connectivity index (χ1v) is 6.90. The van der Waals surface area contributed by atoms with Crippen molar-refractivity contribution in [3.05, 3.63) is 0 Å². The molecule has 0 bridgehead atoms. The van der Waals surface area contributed by atoms with E-state index in [9.17, 15) is 4.79 Å². The van der Waals surface area contributed by atoms with Crippen molar-refractivity contribution in [2.45, 2.75) is 71.4 Å². The molecular weight excluding hydrogens is 212 g/mol. The smallest absolute Gasteiger partial charge is 0.237 e. The second kappa shape index (κ2) is 5.85. The summed E-state index contributed by atoms with van der Waals surface area (Å²) in [5, 5.41) is 3.42. The van der Waals surface area contributed by atoms with Gasteiger partial charge in [-0.2, -0.15) is 0 Å². The van der Waals surface area contributed by atoms with Crippen molar-refractivity contribution < 1.29 is 4.79 Å². The topological polar surface area (TPSA) is 55.1 Å². The lowest BCUT2D eigenvalue weighted by Crippen LogP contribution is -2.54. The summed E-state index contributed by atoms with van der Waals surface area (Å²) in [7, 11) is 0. The molecule has 1 fully saturated rings. The average Bonchev–Trinajstić information content (AvgIpc) is 2.42. The summed E-state index contributed by atoms with van der Waals surface area (Å²) in [5.74, 6) is 1.36. The monoisotopic (exact) mass is 240 g/mol. The fraction of sp³-hybridized carbons (Fsp3) is 0.929. The van der Waals surface area contributed by atoms with Crippen LogP contribution in [0.3, 0.4) is 0 Å². The maximum absolute atomic E-state index is 11.3. The number of carbonyl (C=O) groups excluding carboxylic acids is 1. The van der Waals surface area contributed by atoms with Gasteiger partial charge in [0.25, 0.3) is 0 Å². The van der Waals surface area contributed by atoms with E-state index < -0.39 is 5.54 Å². The highest BCUT2D eigenvalue weighted by molar-refractivity contribution is 5.83. The van der Waals surface area contributed by atoms with Crippen molar-refractivity contribution in [1.29, 1.82) is 0 Å². The van der Waals surface area contributed by atoms with E-state index in [1.165, 1.54) is 32.1 Å². The fourth-order valence-electron chi connectivity index (χ4n) is 2.72. The van der Waals surface area contributed by atoms with Crippen LogP contribution in [0.4, 0.5) is 0 Å². The third-order valence-corrected chi connectivity index (χ3v) is 4.14. The zero-order valence-corrected chi connectivity index (χ0v) is 11.8. The second-order valence-electron chi connectivity index (χ2n) is 6.34. The van der Waals surface area contributed by atoms with E-state index in [4.69, 9.17) is 5.73 Å². The molecule has 0 aliphatic heterocycles. The zero-order chi connectivity index (χ0) is 13.1. The number of hydrogen-bond acceptors (Lipinski definition) is 2. The Balaban J connectivity index is 2.49. The second-order valence-corrected chi connectivity index (χ2v) is 6.34. The van der Waals surface area contributed by atoms with Crippen molar-refractivity contribution in [3.8, 4) is 0 Å². The quantitative estimate of drug-likeness (QED) is 0.742. The summed E-state index contributed by atoms with van der Waals surface area (Å²) in [5.41, 5.74) is 4.82. The number of primary amides is 1. The molecule has 1 rings (SSSR count). The highest BCUT2D eigenvalue weighted by Gasteiger charge is 2.29. The predicted octanol–water partition coefficient (Wildman–Crippen LogP) is 2.44. The lowest BCUT2D eigenvalue weighted by atomic mass is 9.89. The van der Waals surface area contributed by atoms with E-state index in [2.05, 4.69) is 19.2 Å². The molecule has 0 heterocycles.